The van der Waals surface area contributed by atoms with Gasteiger partial charge < -0.3 is 4.43 Å². The molecule has 0 aliphatic rings. The van der Waals surface area contributed by atoms with E-state index in [1.54, 1.807) is 0 Å². The molecule has 1 rings (SSSR count). The molecular formula is C14H22OSi. The molecule has 88 valence electrons. The lowest BCUT2D eigenvalue weighted by Crippen LogP contribution is -2.50. The molecule has 1 atom stereocenters. The van der Waals surface area contributed by atoms with Crippen LogP contribution < -0.4 is 5.19 Å². The van der Waals surface area contributed by atoms with Gasteiger partial charge in [-0.1, -0.05) is 43.3 Å². The van der Waals surface area contributed by atoms with Crippen molar-refractivity contribution in [1.29, 1.82) is 0 Å². The van der Waals surface area contributed by atoms with E-state index in [2.05, 4.69) is 50.8 Å². The van der Waals surface area contributed by atoms with E-state index in [1.807, 2.05) is 6.08 Å². The minimum atomic E-state index is -1.74. The Morgan fingerprint density at radius 3 is 2.44 bits per heavy atom. The van der Waals surface area contributed by atoms with Gasteiger partial charge in [-0.05, 0) is 30.6 Å². The predicted molar refractivity (Wildman–Crippen MR) is 73.6 cm³/mol. The molecule has 1 nitrogen and oxygen atoms in total. The van der Waals surface area contributed by atoms with Crippen LogP contribution in [-0.4, -0.2) is 14.9 Å². The van der Waals surface area contributed by atoms with E-state index in [4.69, 9.17) is 4.43 Å². The van der Waals surface area contributed by atoms with Gasteiger partial charge in [0.05, 0.1) is 0 Å². The summed E-state index contributed by atoms with van der Waals surface area (Å²) in [7, 11) is -1.74. The number of hydrogen-bond acceptors (Lipinski definition) is 1. The zero-order chi connectivity index (χ0) is 11.9. The molecule has 0 heterocycles. The summed E-state index contributed by atoms with van der Waals surface area (Å²) in [5.41, 5.74) is 0. The maximum Gasteiger partial charge on any atom is 0.224 e. The highest BCUT2D eigenvalue weighted by atomic mass is 28.4. The van der Waals surface area contributed by atoms with Crippen molar-refractivity contribution in [3.8, 4) is 0 Å². The Morgan fingerprint density at radius 2 is 1.94 bits per heavy atom. The Balaban J connectivity index is 2.96. The minimum Gasteiger partial charge on any atom is -0.413 e. The molecule has 1 aromatic rings. The Hall–Kier alpha value is -0.863. The number of allylic oxidation sites excluding steroid dienone is 1. The van der Waals surface area contributed by atoms with Crippen molar-refractivity contribution >= 4 is 13.5 Å². The second-order valence-corrected chi connectivity index (χ2v) is 8.04. The summed E-state index contributed by atoms with van der Waals surface area (Å²) in [6, 6.07) is 13.0. The van der Waals surface area contributed by atoms with Crippen molar-refractivity contribution < 1.29 is 4.43 Å². The third-order valence-corrected chi connectivity index (χ3v) is 7.51. The third kappa shape index (κ3) is 3.06. The molecule has 0 fully saturated rings. The molecule has 0 saturated heterocycles. The zero-order valence-electron chi connectivity index (χ0n) is 10.4. The summed E-state index contributed by atoms with van der Waals surface area (Å²) in [5, 5.41) is 1.42. The summed E-state index contributed by atoms with van der Waals surface area (Å²) in [4.78, 5) is 0. The van der Waals surface area contributed by atoms with E-state index in [-0.39, 0.29) is 0 Å². The number of rotatable bonds is 7. The third-order valence-electron chi connectivity index (χ3n) is 3.04. The van der Waals surface area contributed by atoms with Crippen LogP contribution in [0.5, 0.6) is 0 Å². The second-order valence-electron chi connectivity index (χ2n) is 3.97. The Labute approximate surface area is 100 Å². The van der Waals surface area contributed by atoms with E-state index in [0.29, 0.717) is 0 Å². The molecule has 0 aliphatic heterocycles. The van der Waals surface area contributed by atoms with Crippen LogP contribution >= 0.6 is 0 Å². The first-order valence-electron chi connectivity index (χ1n) is 6.09. The first kappa shape index (κ1) is 13.2. The first-order chi connectivity index (χ1) is 7.79. The summed E-state index contributed by atoms with van der Waals surface area (Å²) >= 11 is 0. The van der Waals surface area contributed by atoms with Crippen LogP contribution in [0.15, 0.2) is 43.0 Å². The highest BCUT2D eigenvalue weighted by molar-refractivity contribution is 6.86. The van der Waals surface area contributed by atoms with E-state index >= 15 is 0 Å². The van der Waals surface area contributed by atoms with E-state index in [9.17, 15) is 0 Å². The molecular weight excluding hydrogens is 212 g/mol. The van der Waals surface area contributed by atoms with Crippen LogP contribution in [0.1, 0.15) is 20.3 Å². The van der Waals surface area contributed by atoms with Gasteiger partial charge >= 0.3 is 0 Å². The molecule has 0 amide bonds. The molecule has 16 heavy (non-hydrogen) atoms. The van der Waals surface area contributed by atoms with Crippen molar-refractivity contribution in [2.45, 2.75) is 32.4 Å². The minimum absolute atomic E-state index is 0.812. The Morgan fingerprint density at radius 1 is 1.25 bits per heavy atom. The first-order valence-corrected chi connectivity index (χ1v) is 8.41. The highest BCUT2D eigenvalue weighted by Crippen LogP contribution is 2.19. The molecule has 0 saturated carbocycles. The Kier molecular flexibility index (Phi) is 5.50. The average Bonchev–Trinajstić information content (AvgIpc) is 2.36. The molecule has 0 bridgehead atoms. The van der Waals surface area contributed by atoms with Gasteiger partial charge in [-0.2, -0.15) is 0 Å². The van der Waals surface area contributed by atoms with Crippen LogP contribution in [0.2, 0.25) is 12.1 Å². The fraction of sp³-hybridized carbons (Fsp3) is 0.429. The topological polar surface area (TPSA) is 9.23 Å². The van der Waals surface area contributed by atoms with Crippen molar-refractivity contribution in [2.24, 2.45) is 0 Å². The van der Waals surface area contributed by atoms with E-state index < -0.39 is 8.32 Å². The molecule has 0 aromatic heterocycles. The lowest BCUT2D eigenvalue weighted by molar-refractivity contribution is 0.329. The number of benzene rings is 1. The van der Waals surface area contributed by atoms with Crippen LogP contribution in [0.25, 0.3) is 0 Å². The summed E-state index contributed by atoms with van der Waals surface area (Å²) < 4.78 is 6.16. The monoisotopic (exact) mass is 234 g/mol. The molecule has 1 unspecified atom stereocenters. The van der Waals surface area contributed by atoms with E-state index in [0.717, 1.165) is 25.1 Å². The smallest absolute Gasteiger partial charge is 0.224 e. The molecule has 2 heteroatoms. The van der Waals surface area contributed by atoms with Crippen LogP contribution in [-0.2, 0) is 4.43 Å². The molecule has 0 N–H and O–H groups in total. The largest absolute Gasteiger partial charge is 0.413 e. The van der Waals surface area contributed by atoms with Crippen molar-refractivity contribution in [3.05, 3.63) is 43.0 Å². The van der Waals surface area contributed by atoms with Gasteiger partial charge in [0, 0.05) is 6.61 Å². The van der Waals surface area contributed by atoms with E-state index in [1.165, 1.54) is 5.19 Å². The fourth-order valence-corrected chi connectivity index (χ4v) is 5.72. The van der Waals surface area contributed by atoms with Crippen LogP contribution in [0.4, 0.5) is 0 Å². The maximum absolute atomic E-state index is 6.16. The van der Waals surface area contributed by atoms with Gasteiger partial charge in [0.1, 0.15) is 0 Å². The van der Waals surface area contributed by atoms with Gasteiger partial charge in [0.2, 0.25) is 8.32 Å². The lowest BCUT2D eigenvalue weighted by Gasteiger charge is -2.30. The van der Waals surface area contributed by atoms with Gasteiger partial charge in [-0.15, -0.1) is 6.58 Å². The summed E-state index contributed by atoms with van der Waals surface area (Å²) in [6.07, 6.45) is 3.05. The normalized spacial score (nSPS) is 14.4. The predicted octanol–water partition coefficient (Wildman–Crippen LogP) is 3.47. The quantitative estimate of drug-likeness (QED) is 0.518. The SMILES string of the molecule is C=CCC[Si](CC)(OCC)c1ccccc1. The maximum atomic E-state index is 6.16. The van der Waals surface area contributed by atoms with Crippen molar-refractivity contribution in [3.63, 3.8) is 0 Å². The summed E-state index contributed by atoms with van der Waals surface area (Å²) in [5.74, 6) is 0. The number of hydrogen-bond donors (Lipinski definition) is 0. The fourth-order valence-electron chi connectivity index (χ4n) is 2.14. The van der Waals surface area contributed by atoms with Crippen molar-refractivity contribution in [1.82, 2.24) is 0 Å². The highest BCUT2D eigenvalue weighted by Gasteiger charge is 2.33. The Bertz CT molecular complexity index is 310. The van der Waals surface area contributed by atoms with Gasteiger partial charge in [0.25, 0.3) is 0 Å². The molecule has 0 aliphatic carbocycles. The second kappa shape index (κ2) is 6.66. The molecule has 1 aromatic carbocycles. The lowest BCUT2D eigenvalue weighted by atomic mass is 10.4. The molecule has 0 radical (unpaired) electrons. The molecule has 0 spiro atoms. The van der Waals surface area contributed by atoms with Crippen molar-refractivity contribution in [2.75, 3.05) is 6.61 Å². The van der Waals surface area contributed by atoms with Crippen LogP contribution in [0.3, 0.4) is 0 Å². The standard InChI is InChI=1S/C14H22OSi/c1-4-7-13-16(6-3,15-5-2)14-11-9-8-10-12-14/h4,8-12H,1,5-7,13H2,2-3H3. The van der Waals surface area contributed by atoms with Crippen LogP contribution in [0, 0.1) is 0 Å². The van der Waals surface area contributed by atoms with Gasteiger partial charge in [-0.25, -0.2) is 0 Å². The summed E-state index contributed by atoms with van der Waals surface area (Å²) in [6.45, 7) is 8.97. The van der Waals surface area contributed by atoms with Gasteiger partial charge in [-0.3, -0.25) is 0 Å². The van der Waals surface area contributed by atoms with Gasteiger partial charge in [0.15, 0.2) is 0 Å². The average molecular weight is 234 g/mol. The zero-order valence-corrected chi connectivity index (χ0v) is 11.4.